The van der Waals surface area contributed by atoms with Gasteiger partial charge in [0, 0.05) is 30.0 Å². The molecule has 2 aliphatic heterocycles. The minimum absolute atomic E-state index is 0.204. The Balaban J connectivity index is 1.42. The molecule has 8 heteroatoms. The molecule has 0 saturated carbocycles. The number of esters is 1. The summed E-state index contributed by atoms with van der Waals surface area (Å²) in [5.74, 6) is -0.976. The van der Waals surface area contributed by atoms with Crippen molar-refractivity contribution in [3.63, 3.8) is 0 Å². The number of rotatable bonds is 9. The van der Waals surface area contributed by atoms with Gasteiger partial charge < -0.3 is 14.6 Å². The highest BCUT2D eigenvalue weighted by molar-refractivity contribution is 7.99. The monoisotopic (exact) mass is 433 g/mol. The van der Waals surface area contributed by atoms with Crippen LogP contribution in [0.25, 0.3) is 0 Å². The lowest BCUT2D eigenvalue weighted by molar-refractivity contribution is -0.161. The summed E-state index contributed by atoms with van der Waals surface area (Å²) >= 11 is 1.40. The van der Waals surface area contributed by atoms with Crippen LogP contribution in [0.2, 0.25) is 0 Å². The largest absolute Gasteiger partial charge is 0.456 e. The maximum absolute atomic E-state index is 12.3. The van der Waals surface area contributed by atoms with Crippen molar-refractivity contribution in [1.29, 1.82) is 0 Å². The lowest BCUT2D eigenvalue weighted by Gasteiger charge is -2.29. The number of imide groups is 1. The summed E-state index contributed by atoms with van der Waals surface area (Å²) in [6, 6.07) is 9.63. The van der Waals surface area contributed by atoms with Gasteiger partial charge in [-0.15, -0.1) is 0 Å². The molecule has 1 aromatic rings. The van der Waals surface area contributed by atoms with Crippen LogP contribution in [-0.4, -0.2) is 57.6 Å². The zero-order chi connectivity index (χ0) is 21.7. The van der Waals surface area contributed by atoms with Crippen molar-refractivity contribution in [2.75, 3.05) is 6.54 Å². The second kappa shape index (κ2) is 9.76. The minimum atomic E-state index is -1.32. The van der Waals surface area contributed by atoms with E-state index < -0.39 is 29.2 Å². The maximum atomic E-state index is 12.3. The van der Waals surface area contributed by atoms with Crippen molar-refractivity contribution in [2.45, 2.75) is 67.7 Å². The summed E-state index contributed by atoms with van der Waals surface area (Å²) in [5.41, 5.74) is -1.86. The zero-order valence-electron chi connectivity index (χ0n) is 17.2. The predicted molar refractivity (Wildman–Crippen MR) is 111 cm³/mol. The van der Waals surface area contributed by atoms with Crippen molar-refractivity contribution in [2.24, 2.45) is 0 Å². The highest BCUT2D eigenvalue weighted by Gasteiger charge is 2.53. The molecule has 1 N–H and O–H groups in total. The van der Waals surface area contributed by atoms with Crippen LogP contribution in [-0.2, 0) is 23.9 Å². The fourth-order valence-corrected chi connectivity index (χ4v) is 4.73. The molecule has 3 rings (SSSR count). The summed E-state index contributed by atoms with van der Waals surface area (Å²) in [6.07, 6.45) is 3.45. The fraction of sp³-hybridized carbons (Fsp3) is 0.500. The lowest BCUT2D eigenvalue weighted by atomic mass is 9.99. The summed E-state index contributed by atoms with van der Waals surface area (Å²) in [7, 11) is 0. The number of aliphatic hydroxyl groups is 1. The Hall–Kier alpha value is -2.16. The van der Waals surface area contributed by atoms with E-state index in [0.29, 0.717) is 25.8 Å². The topological polar surface area (TPSA) is 93.1 Å². The number of hydrogen-bond donors (Lipinski definition) is 1. The number of amides is 2. The number of carbonyl (C=O) groups excluding carboxylic acids is 3. The molecule has 0 aliphatic carbocycles. The molecule has 1 fully saturated rings. The summed E-state index contributed by atoms with van der Waals surface area (Å²) in [6.45, 7) is 3.77. The molecule has 0 spiro atoms. The summed E-state index contributed by atoms with van der Waals surface area (Å²) in [5, 5.41) is 11.0. The second-order valence-corrected chi connectivity index (χ2v) is 8.85. The van der Waals surface area contributed by atoms with E-state index in [9.17, 15) is 19.5 Å². The van der Waals surface area contributed by atoms with Crippen molar-refractivity contribution >= 4 is 29.5 Å². The van der Waals surface area contributed by atoms with Gasteiger partial charge in [-0.1, -0.05) is 36.4 Å². The van der Waals surface area contributed by atoms with Gasteiger partial charge in [-0.3, -0.25) is 19.3 Å². The molecule has 2 heterocycles. The molecule has 1 aromatic carbocycles. The molecule has 30 heavy (non-hydrogen) atoms. The first kappa shape index (κ1) is 22.5. The van der Waals surface area contributed by atoms with E-state index in [1.807, 2.05) is 30.3 Å². The van der Waals surface area contributed by atoms with Crippen LogP contribution in [0.5, 0.6) is 0 Å². The molecule has 0 radical (unpaired) electrons. The Labute approximate surface area is 180 Å². The van der Waals surface area contributed by atoms with Crippen molar-refractivity contribution in [3.05, 3.63) is 42.5 Å². The van der Waals surface area contributed by atoms with E-state index >= 15 is 0 Å². The van der Waals surface area contributed by atoms with Gasteiger partial charge in [-0.05, 0) is 38.8 Å². The van der Waals surface area contributed by atoms with Crippen LogP contribution < -0.4 is 0 Å². The van der Waals surface area contributed by atoms with E-state index in [1.165, 1.54) is 28.8 Å². The Bertz CT molecular complexity index is 791. The van der Waals surface area contributed by atoms with E-state index in [0.717, 1.165) is 4.90 Å². The highest BCUT2D eigenvalue weighted by atomic mass is 32.2. The molecule has 7 nitrogen and oxygen atoms in total. The molecule has 1 saturated heterocycles. The molecule has 0 aromatic heterocycles. The smallest absolute Gasteiger partial charge is 0.306 e. The quantitative estimate of drug-likeness (QED) is 0.364. The third-order valence-electron chi connectivity index (χ3n) is 5.23. The number of unbranched alkanes of at least 4 members (excludes halogenated alkanes) is 2. The van der Waals surface area contributed by atoms with Crippen LogP contribution in [0.15, 0.2) is 47.4 Å². The van der Waals surface area contributed by atoms with Crippen LogP contribution in [0.4, 0.5) is 0 Å². The second-order valence-electron chi connectivity index (χ2n) is 7.71. The molecular formula is C22H27NO6S. The summed E-state index contributed by atoms with van der Waals surface area (Å²) < 4.78 is 11.4. The van der Waals surface area contributed by atoms with Gasteiger partial charge in [0.25, 0.3) is 11.8 Å². The SMILES string of the molecule is CC1OC(Sc2ccccc2)C(C)(O)C1OC(=O)CCCCCN1C(=O)C=CC1=O. The van der Waals surface area contributed by atoms with Crippen LogP contribution >= 0.6 is 11.8 Å². The Kier molecular flexibility index (Phi) is 7.33. The normalized spacial score (nSPS) is 28.4. The molecule has 0 bridgehead atoms. The molecule has 162 valence electrons. The fourth-order valence-electron chi connectivity index (χ4n) is 3.57. The standard InChI is InChI=1S/C22H27NO6S/c1-15-20(22(2,27)21(28-15)30-16-9-5-3-6-10-16)29-19(26)11-7-4-8-14-23-17(24)12-13-18(23)25/h3,5-6,9-10,12-13,15,20-21,27H,4,7-8,11,14H2,1-2H3. The predicted octanol–water partition coefficient (Wildman–Crippen LogP) is 2.67. The number of nitrogens with zero attached hydrogens (tertiary/aromatic N) is 1. The number of hydrogen-bond acceptors (Lipinski definition) is 7. The molecule has 4 atom stereocenters. The number of benzene rings is 1. The molecule has 2 aliphatic rings. The van der Waals surface area contributed by atoms with Crippen LogP contribution in [0.3, 0.4) is 0 Å². The van der Waals surface area contributed by atoms with Crippen LogP contribution in [0.1, 0.15) is 39.5 Å². The minimum Gasteiger partial charge on any atom is -0.456 e. The van der Waals surface area contributed by atoms with E-state index in [1.54, 1.807) is 13.8 Å². The van der Waals surface area contributed by atoms with Gasteiger partial charge in [-0.25, -0.2) is 0 Å². The first-order valence-corrected chi connectivity index (χ1v) is 11.0. The van der Waals surface area contributed by atoms with Crippen molar-refractivity contribution in [3.8, 4) is 0 Å². The summed E-state index contributed by atoms with van der Waals surface area (Å²) in [4.78, 5) is 37.4. The average molecular weight is 434 g/mol. The van der Waals surface area contributed by atoms with Gasteiger partial charge in [0.05, 0.1) is 6.10 Å². The van der Waals surface area contributed by atoms with Gasteiger partial charge in [0.2, 0.25) is 0 Å². The number of carbonyl (C=O) groups is 3. The molecular weight excluding hydrogens is 406 g/mol. The van der Waals surface area contributed by atoms with Gasteiger partial charge in [0.1, 0.15) is 11.0 Å². The average Bonchev–Trinajstić information content (AvgIpc) is 3.13. The van der Waals surface area contributed by atoms with Crippen LogP contribution in [0, 0.1) is 0 Å². The first-order chi connectivity index (χ1) is 14.3. The number of thioether (sulfide) groups is 1. The first-order valence-electron chi connectivity index (χ1n) is 10.1. The van der Waals surface area contributed by atoms with E-state index in [-0.39, 0.29) is 18.2 Å². The number of ether oxygens (including phenoxy) is 2. The van der Waals surface area contributed by atoms with E-state index in [4.69, 9.17) is 9.47 Å². The third-order valence-corrected chi connectivity index (χ3v) is 6.57. The Morgan fingerprint density at radius 3 is 2.50 bits per heavy atom. The van der Waals surface area contributed by atoms with Gasteiger partial charge in [0.15, 0.2) is 6.10 Å². The Morgan fingerprint density at radius 2 is 1.83 bits per heavy atom. The zero-order valence-corrected chi connectivity index (χ0v) is 18.0. The van der Waals surface area contributed by atoms with Gasteiger partial charge >= 0.3 is 5.97 Å². The van der Waals surface area contributed by atoms with Crippen molar-refractivity contribution in [1.82, 2.24) is 4.90 Å². The molecule has 2 amide bonds. The third kappa shape index (κ3) is 5.30. The van der Waals surface area contributed by atoms with E-state index in [2.05, 4.69) is 0 Å². The highest BCUT2D eigenvalue weighted by Crippen LogP contribution is 2.42. The lowest BCUT2D eigenvalue weighted by Crippen LogP contribution is -2.46. The van der Waals surface area contributed by atoms with Gasteiger partial charge in [-0.2, -0.15) is 0 Å². The maximum Gasteiger partial charge on any atom is 0.306 e. The van der Waals surface area contributed by atoms with Crippen molar-refractivity contribution < 1.29 is 29.0 Å². The Morgan fingerprint density at radius 1 is 1.17 bits per heavy atom. The molecule has 4 unspecified atom stereocenters.